The van der Waals surface area contributed by atoms with E-state index in [0.29, 0.717) is 6.10 Å². The second-order valence-electron chi connectivity index (χ2n) is 6.15. The first-order valence-electron chi connectivity index (χ1n) is 6.90. The Morgan fingerprint density at radius 1 is 1.28 bits per heavy atom. The van der Waals surface area contributed by atoms with Gasteiger partial charge in [0, 0.05) is 5.57 Å². The third-order valence-electron chi connectivity index (χ3n) is 4.38. The lowest BCUT2D eigenvalue weighted by molar-refractivity contribution is -0.138. The Morgan fingerprint density at radius 3 is 2.44 bits per heavy atom. The van der Waals surface area contributed by atoms with Crippen LogP contribution in [0.15, 0.2) is 11.1 Å². The lowest BCUT2D eigenvalue weighted by Gasteiger charge is -2.39. The van der Waals surface area contributed by atoms with E-state index in [1.54, 1.807) is 0 Å². The quantitative estimate of drug-likeness (QED) is 0.723. The Labute approximate surface area is 110 Å². The van der Waals surface area contributed by atoms with E-state index in [4.69, 9.17) is 9.47 Å². The molecule has 1 fully saturated rings. The number of hydrogen-bond acceptors (Lipinski definition) is 3. The summed E-state index contributed by atoms with van der Waals surface area (Å²) in [6.07, 6.45) is 6.11. The predicted molar refractivity (Wildman–Crippen MR) is 70.2 cm³/mol. The molecule has 0 N–H and O–H groups in total. The molecule has 18 heavy (non-hydrogen) atoms. The third-order valence-corrected chi connectivity index (χ3v) is 4.38. The lowest BCUT2D eigenvalue weighted by atomic mass is 9.71. The number of carbonyl (C=O) groups excluding carboxylic acids is 1. The van der Waals surface area contributed by atoms with Crippen LogP contribution in [0.25, 0.3) is 0 Å². The summed E-state index contributed by atoms with van der Waals surface area (Å²) in [5.74, 6) is -0.195. The Bertz CT molecular complexity index is 364. The average molecular weight is 252 g/mol. The number of rotatable bonds is 3. The average Bonchev–Trinajstić information content (AvgIpc) is 2.24. The smallest absolute Gasteiger partial charge is 0.334 e. The summed E-state index contributed by atoms with van der Waals surface area (Å²) in [4.78, 5) is 12.0. The predicted octanol–water partition coefficient (Wildman–Crippen LogP) is 3.23. The molecule has 2 rings (SSSR count). The van der Waals surface area contributed by atoms with Gasteiger partial charge in [0.2, 0.25) is 0 Å². The number of hydrogen-bond donors (Lipinski definition) is 0. The van der Waals surface area contributed by atoms with Gasteiger partial charge >= 0.3 is 5.97 Å². The van der Waals surface area contributed by atoms with Crippen LogP contribution in [0.1, 0.15) is 52.9 Å². The summed E-state index contributed by atoms with van der Waals surface area (Å²) >= 11 is 0. The first-order valence-corrected chi connectivity index (χ1v) is 6.90. The highest BCUT2D eigenvalue weighted by Gasteiger charge is 2.39. The molecular weight excluding hydrogens is 228 g/mol. The Kier molecular flexibility index (Phi) is 3.81. The summed E-state index contributed by atoms with van der Waals surface area (Å²) in [5, 5.41) is 0. The molecule has 3 heteroatoms. The van der Waals surface area contributed by atoms with Crippen LogP contribution in [-0.4, -0.2) is 25.3 Å². The van der Waals surface area contributed by atoms with Crippen LogP contribution in [0.4, 0.5) is 0 Å². The highest BCUT2D eigenvalue weighted by molar-refractivity contribution is 5.91. The molecule has 1 unspecified atom stereocenters. The fourth-order valence-electron chi connectivity index (χ4n) is 2.98. The van der Waals surface area contributed by atoms with Gasteiger partial charge in [0.15, 0.2) is 0 Å². The van der Waals surface area contributed by atoms with Crippen molar-refractivity contribution < 1.29 is 14.3 Å². The van der Waals surface area contributed by atoms with E-state index in [2.05, 4.69) is 13.8 Å². The molecule has 0 bridgehead atoms. The van der Waals surface area contributed by atoms with Gasteiger partial charge in [-0.05, 0) is 50.0 Å². The maximum atomic E-state index is 12.0. The minimum Gasteiger partial charge on any atom is -0.466 e. The Morgan fingerprint density at radius 2 is 1.94 bits per heavy atom. The second kappa shape index (κ2) is 5.04. The molecule has 0 aromatic rings. The van der Waals surface area contributed by atoms with Crippen molar-refractivity contribution in [2.24, 2.45) is 5.41 Å². The van der Waals surface area contributed by atoms with Gasteiger partial charge in [0.25, 0.3) is 0 Å². The summed E-state index contributed by atoms with van der Waals surface area (Å²) < 4.78 is 11.0. The van der Waals surface area contributed by atoms with Gasteiger partial charge in [0.1, 0.15) is 0 Å². The molecule has 0 aliphatic heterocycles. The largest absolute Gasteiger partial charge is 0.466 e. The number of methoxy groups -OCH3 is 1. The molecule has 2 aliphatic carbocycles. The third kappa shape index (κ3) is 2.46. The van der Waals surface area contributed by atoms with Crippen LogP contribution >= 0.6 is 0 Å². The summed E-state index contributed by atoms with van der Waals surface area (Å²) in [6, 6.07) is 0. The van der Waals surface area contributed by atoms with Gasteiger partial charge in [-0.15, -0.1) is 0 Å². The van der Waals surface area contributed by atoms with Crippen LogP contribution in [0.5, 0.6) is 0 Å². The van der Waals surface area contributed by atoms with E-state index in [1.165, 1.54) is 26.4 Å². The van der Waals surface area contributed by atoms with Gasteiger partial charge < -0.3 is 9.47 Å². The first-order chi connectivity index (χ1) is 8.45. The first kappa shape index (κ1) is 13.6. The number of carbonyl (C=O) groups is 1. The van der Waals surface area contributed by atoms with E-state index < -0.39 is 0 Å². The summed E-state index contributed by atoms with van der Waals surface area (Å²) in [7, 11) is 1.45. The van der Waals surface area contributed by atoms with Crippen LogP contribution < -0.4 is 0 Å². The lowest BCUT2D eigenvalue weighted by Crippen LogP contribution is -2.37. The minimum absolute atomic E-state index is 0.101. The molecule has 102 valence electrons. The summed E-state index contributed by atoms with van der Waals surface area (Å²) in [6.45, 7) is 6.25. The molecule has 0 amide bonds. The number of ether oxygens (including phenoxy) is 2. The molecular formula is C15H24O3. The Balaban J connectivity index is 2.21. The van der Waals surface area contributed by atoms with Crippen LogP contribution in [0.3, 0.4) is 0 Å². The van der Waals surface area contributed by atoms with Crippen LogP contribution in [0.2, 0.25) is 0 Å². The van der Waals surface area contributed by atoms with Gasteiger partial charge in [0.05, 0.1) is 19.3 Å². The van der Waals surface area contributed by atoms with Gasteiger partial charge in [-0.25, -0.2) is 4.79 Å². The Hall–Kier alpha value is -0.830. The van der Waals surface area contributed by atoms with Crippen molar-refractivity contribution in [2.45, 2.75) is 65.1 Å². The molecule has 1 atom stereocenters. The molecule has 3 nitrogen and oxygen atoms in total. The zero-order chi connectivity index (χ0) is 13.3. The molecule has 0 radical (unpaired) electrons. The highest BCUT2D eigenvalue weighted by atomic mass is 16.5. The zero-order valence-electron chi connectivity index (χ0n) is 11.9. The summed E-state index contributed by atoms with van der Waals surface area (Å²) in [5.41, 5.74) is 1.79. The minimum atomic E-state index is -0.195. The fourth-order valence-corrected chi connectivity index (χ4v) is 2.98. The van der Waals surface area contributed by atoms with Crippen molar-refractivity contribution >= 4 is 5.97 Å². The zero-order valence-corrected chi connectivity index (χ0v) is 11.9. The topological polar surface area (TPSA) is 35.5 Å². The maximum Gasteiger partial charge on any atom is 0.334 e. The normalized spacial score (nSPS) is 27.9. The van der Waals surface area contributed by atoms with E-state index in [-0.39, 0.29) is 17.5 Å². The van der Waals surface area contributed by atoms with Gasteiger partial charge in [-0.1, -0.05) is 13.8 Å². The second-order valence-corrected chi connectivity index (χ2v) is 6.15. The van der Waals surface area contributed by atoms with Crippen LogP contribution in [-0.2, 0) is 14.3 Å². The molecule has 1 saturated carbocycles. The SMILES string of the molecule is COC(=O)C1=C(C)C(OC2CCC2)CCC1(C)C. The molecule has 0 heterocycles. The highest BCUT2D eigenvalue weighted by Crippen LogP contribution is 2.42. The van der Waals surface area contributed by atoms with Crippen molar-refractivity contribution in [3.8, 4) is 0 Å². The van der Waals surface area contributed by atoms with Crippen molar-refractivity contribution in [1.82, 2.24) is 0 Å². The molecule has 0 saturated heterocycles. The van der Waals surface area contributed by atoms with E-state index in [1.807, 2.05) is 6.92 Å². The number of esters is 1. The molecule has 2 aliphatic rings. The van der Waals surface area contributed by atoms with E-state index in [9.17, 15) is 4.79 Å². The van der Waals surface area contributed by atoms with E-state index in [0.717, 1.165) is 24.0 Å². The maximum absolute atomic E-state index is 12.0. The fraction of sp³-hybridized carbons (Fsp3) is 0.800. The van der Waals surface area contributed by atoms with Crippen molar-refractivity contribution in [3.05, 3.63) is 11.1 Å². The molecule has 0 aromatic heterocycles. The monoisotopic (exact) mass is 252 g/mol. The van der Waals surface area contributed by atoms with Crippen LogP contribution in [0, 0.1) is 5.41 Å². The van der Waals surface area contributed by atoms with Gasteiger partial charge in [-0.2, -0.15) is 0 Å². The van der Waals surface area contributed by atoms with Crippen molar-refractivity contribution in [3.63, 3.8) is 0 Å². The molecule has 0 aromatic carbocycles. The molecule has 0 spiro atoms. The van der Waals surface area contributed by atoms with E-state index >= 15 is 0 Å². The van der Waals surface area contributed by atoms with Crippen molar-refractivity contribution in [2.75, 3.05) is 7.11 Å². The van der Waals surface area contributed by atoms with Crippen molar-refractivity contribution in [1.29, 1.82) is 0 Å². The van der Waals surface area contributed by atoms with Gasteiger partial charge in [-0.3, -0.25) is 0 Å². The standard InChI is InChI=1S/C15H24O3/c1-10-12(18-11-6-5-7-11)8-9-15(2,3)13(10)14(16)17-4/h11-12H,5-9H2,1-4H3.